The molecular weight excluding hydrogens is 340 g/mol. The summed E-state index contributed by atoms with van der Waals surface area (Å²) in [5.41, 5.74) is 2.16. The summed E-state index contributed by atoms with van der Waals surface area (Å²) in [4.78, 5) is 31.7. The van der Waals surface area contributed by atoms with E-state index in [1.165, 1.54) is 23.9 Å². The first-order valence-electron chi connectivity index (χ1n) is 8.24. The maximum absolute atomic E-state index is 12.0. The fourth-order valence-corrected chi connectivity index (χ4v) is 3.88. The molecule has 2 aliphatic rings. The number of non-ortho nitro benzene ring substituents is 1. The van der Waals surface area contributed by atoms with E-state index in [1.54, 1.807) is 12.1 Å². The van der Waals surface area contributed by atoms with E-state index in [2.05, 4.69) is 14.8 Å². The molecule has 0 bridgehead atoms. The van der Waals surface area contributed by atoms with Gasteiger partial charge in [-0.1, -0.05) is 12.5 Å². The fraction of sp³-hybridized carbons (Fsp3) is 0.412. The summed E-state index contributed by atoms with van der Waals surface area (Å²) in [5, 5.41) is 11.5. The topological polar surface area (TPSA) is 79.1 Å². The number of benzene rings is 1. The van der Waals surface area contributed by atoms with Crippen molar-refractivity contribution < 1.29 is 9.72 Å². The first-order valence-corrected chi connectivity index (χ1v) is 9.06. The van der Waals surface area contributed by atoms with Gasteiger partial charge in [-0.05, 0) is 37.2 Å². The van der Waals surface area contributed by atoms with Gasteiger partial charge in [0.05, 0.1) is 9.83 Å². The van der Waals surface area contributed by atoms with Crippen LogP contribution in [0.1, 0.15) is 20.3 Å². The normalized spacial score (nSPS) is 19.9. The summed E-state index contributed by atoms with van der Waals surface area (Å²) < 4.78 is 0. The molecule has 1 aromatic rings. The number of carbonyl (C=O) groups excluding carboxylic acids is 1. The van der Waals surface area contributed by atoms with Gasteiger partial charge in [0.2, 0.25) is 0 Å². The van der Waals surface area contributed by atoms with Gasteiger partial charge in [-0.25, -0.2) is 0 Å². The third kappa shape index (κ3) is 3.68. The molecule has 25 heavy (non-hydrogen) atoms. The maximum atomic E-state index is 12.0. The SMILES string of the molecule is CC/C(C)=C1\SC(N2CCN(c3ccc([N+](=O)[O-])cc3)CC2)=NC1=O. The first kappa shape index (κ1) is 17.5. The first-order chi connectivity index (χ1) is 12.0. The number of piperazine rings is 1. The fourth-order valence-electron chi connectivity index (χ4n) is 2.80. The quantitative estimate of drug-likeness (QED) is 0.468. The van der Waals surface area contributed by atoms with E-state index in [9.17, 15) is 14.9 Å². The largest absolute Gasteiger partial charge is 0.368 e. The van der Waals surface area contributed by atoms with Gasteiger partial charge in [0.15, 0.2) is 5.17 Å². The summed E-state index contributed by atoms with van der Waals surface area (Å²) in [7, 11) is 0. The zero-order valence-electron chi connectivity index (χ0n) is 14.3. The second kappa shape index (κ2) is 7.26. The third-order valence-corrected chi connectivity index (χ3v) is 5.74. The molecule has 8 heteroatoms. The molecule has 1 aromatic carbocycles. The minimum atomic E-state index is -0.391. The Morgan fingerprint density at radius 2 is 1.80 bits per heavy atom. The summed E-state index contributed by atoms with van der Waals surface area (Å²) >= 11 is 1.47. The van der Waals surface area contributed by atoms with Gasteiger partial charge in [0.25, 0.3) is 11.6 Å². The lowest BCUT2D eigenvalue weighted by molar-refractivity contribution is -0.384. The number of rotatable bonds is 3. The smallest absolute Gasteiger partial charge is 0.286 e. The Morgan fingerprint density at radius 3 is 2.36 bits per heavy atom. The Labute approximate surface area is 150 Å². The molecule has 7 nitrogen and oxygen atoms in total. The second-order valence-corrected chi connectivity index (χ2v) is 6.99. The van der Waals surface area contributed by atoms with E-state index >= 15 is 0 Å². The van der Waals surface area contributed by atoms with Crippen LogP contribution in [0.25, 0.3) is 0 Å². The van der Waals surface area contributed by atoms with Crippen molar-refractivity contribution in [2.75, 3.05) is 31.1 Å². The number of carbonyl (C=O) groups is 1. The maximum Gasteiger partial charge on any atom is 0.286 e. The molecule has 2 aliphatic heterocycles. The molecule has 1 saturated heterocycles. The van der Waals surface area contributed by atoms with Gasteiger partial charge in [-0.2, -0.15) is 4.99 Å². The van der Waals surface area contributed by atoms with E-state index in [-0.39, 0.29) is 11.6 Å². The van der Waals surface area contributed by atoms with Gasteiger partial charge >= 0.3 is 0 Å². The van der Waals surface area contributed by atoms with Crippen molar-refractivity contribution in [2.45, 2.75) is 20.3 Å². The number of hydrogen-bond acceptors (Lipinski definition) is 6. The van der Waals surface area contributed by atoms with Gasteiger partial charge in [-0.15, -0.1) is 0 Å². The Balaban J connectivity index is 1.62. The van der Waals surface area contributed by atoms with Gasteiger partial charge in [0, 0.05) is 44.0 Å². The van der Waals surface area contributed by atoms with Crippen LogP contribution in [0.3, 0.4) is 0 Å². The highest BCUT2D eigenvalue weighted by Gasteiger charge is 2.29. The Hall–Kier alpha value is -2.35. The van der Waals surface area contributed by atoms with Crippen molar-refractivity contribution in [3.63, 3.8) is 0 Å². The number of nitro benzene ring substituents is 1. The number of thioether (sulfide) groups is 1. The number of nitro groups is 1. The third-order valence-electron chi connectivity index (χ3n) is 4.48. The summed E-state index contributed by atoms with van der Waals surface area (Å²) in [6, 6.07) is 6.62. The molecule has 0 saturated carbocycles. The van der Waals surface area contributed by atoms with Crippen LogP contribution in [-0.4, -0.2) is 47.1 Å². The van der Waals surface area contributed by atoms with Crippen LogP contribution in [0, 0.1) is 10.1 Å². The van der Waals surface area contributed by atoms with Crippen molar-refractivity contribution in [3.05, 3.63) is 44.9 Å². The van der Waals surface area contributed by atoms with Crippen molar-refractivity contribution in [1.82, 2.24) is 4.90 Å². The minimum absolute atomic E-state index is 0.100. The molecule has 0 atom stereocenters. The number of nitrogens with zero attached hydrogens (tertiary/aromatic N) is 4. The molecule has 2 heterocycles. The van der Waals surface area contributed by atoms with Crippen molar-refractivity contribution in [2.24, 2.45) is 4.99 Å². The summed E-state index contributed by atoms with van der Waals surface area (Å²) in [6.07, 6.45) is 0.852. The Bertz CT molecular complexity index is 750. The monoisotopic (exact) mass is 360 g/mol. The van der Waals surface area contributed by atoms with Crippen LogP contribution < -0.4 is 4.90 Å². The molecule has 0 N–H and O–H groups in total. The number of amides is 1. The van der Waals surface area contributed by atoms with Crippen molar-refractivity contribution in [1.29, 1.82) is 0 Å². The lowest BCUT2D eigenvalue weighted by Crippen LogP contribution is -2.47. The predicted molar refractivity (Wildman–Crippen MR) is 99.9 cm³/mol. The van der Waals surface area contributed by atoms with Crippen LogP contribution in [0.4, 0.5) is 11.4 Å². The standard InChI is InChI=1S/C17H20N4O3S/c1-3-12(2)15-16(22)18-17(25-15)20-10-8-19(9-11-20)13-4-6-14(7-5-13)21(23)24/h4-7H,3,8-11H2,1-2H3/b15-12-. The van der Waals surface area contributed by atoms with Crippen molar-refractivity contribution in [3.8, 4) is 0 Å². The predicted octanol–water partition coefficient (Wildman–Crippen LogP) is 3.03. The van der Waals surface area contributed by atoms with Crippen LogP contribution in [0.15, 0.2) is 39.7 Å². The number of hydrogen-bond donors (Lipinski definition) is 0. The highest BCUT2D eigenvalue weighted by molar-refractivity contribution is 8.18. The molecule has 0 spiro atoms. The van der Waals surface area contributed by atoms with Crippen molar-refractivity contribution >= 4 is 34.2 Å². The highest BCUT2D eigenvalue weighted by atomic mass is 32.2. The molecule has 0 unspecified atom stereocenters. The van der Waals surface area contributed by atoms with Crippen LogP contribution in [0.5, 0.6) is 0 Å². The summed E-state index contributed by atoms with van der Waals surface area (Å²) in [5.74, 6) is -0.128. The number of amidine groups is 1. The van der Waals surface area contributed by atoms with Crippen LogP contribution >= 0.6 is 11.8 Å². The molecule has 132 valence electrons. The van der Waals surface area contributed by atoms with Gasteiger partial charge in [-0.3, -0.25) is 14.9 Å². The number of anilines is 1. The summed E-state index contributed by atoms with van der Waals surface area (Å²) in [6.45, 7) is 7.14. The lowest BCUT2D eigenvalue weighted by atomic mass is 10.2. The molecule has 1 amide bonds. The Morgan fingerprint density at radius 1 is 1.20 bits per heavy atom. The van der Waals surface area contributed by atoms with Crippen LogP contribution in [0.2, 0.25) is 0 Å². The molecule has 0 radical (unpaired) electrons. The zero-order chi connectivity index (χ0) is 18.0. The number of aliphatic imine (C=N–C) groups is 1. The van der Waals surface area contributed by atoms with E-state index in [1.807, 2.05) is 13.8 Å². The number of allylic oxidation sites excluding steroid dienone is 1. The molecule has 0 aromatic heterocycles. The van der Waals surface area contributed by atoms with Crippen LogP contribution in [-0.2, 0) is 4.79 Å². The minimum Gasteiger partial charge on any atom is -0.368 e. The average Bonchev–Trinajstić information content (AvgIpc) is 3.03. The van der Waals surface area contributed by atoms with E-state index in [0.717, 1.165) is 53.9 Å². The van der Waals surface area contributed by atoms with Gasteiger partial charge in [0.1, 0.15) is 0 Å². The highest BCUT2D eigenvalue weighted by Crippen LogP contribution is 2.32. The molecule has 3 rings (SSSR count). The second-order valence-electron chi connectivity index (χ2n) is 6.01. The van der Waals surface area contributed by atoms with E-state index in [4.69, 9.17) is 0 Å². The van der Waals surface area contributed by atoms with E-state index < -0.39 is 4.92 Å². The zero-order valence-corrected chi connectivity index (χ0v) is 15.1. The molecular formula is C17H20N4O3S. The van der Waals surface area contributed by atoms with E-state index in [0.29, 0.717) is 0 Å². The molecule has 0 aliphatic carbocycles. The lowest BCUT2D eigenvalue weighted by Gasteiger charge is -2.36. The Kier molecular flexibility index (Phi) is 5.08. The average molecular weight is 360 g/mol. The molecule has 1 fully saturated rings. The van der Waals surface area contributed by atoms with Gasteiger partial charge < -0.3 is 9.80 Å².